The first-order chi connectivity index (χ1) is 15.0. The third-order valence-corrected chi connectivity index (χ3v) is 4.93. The van der Waals surface area contributed by atoms with Crippen molar-refractivity contribution in [3.63, 3.8) is 0 Å². The molecule has 0 unspecified atom stereocenters. The van der Waals surface area contributed by atoms with Crippen LogP contribution < -0.4 is 4.74 Å². The van der Waals surface area contributed by atoms with Crippen molar-refractivity contribution < 1.29 is 14.5 Å². The molecule has 0 radical (unpaired) electrons. The van der Waals surface area contributed by atoms with Crippen molar-refractivity contribution in [2.45, 2.75) is 6.54 Å². The molecule has 0 saturated heterocycles. The van der Waals surface area contributed by atoms with E-state index in [1.165, 1.54) is 23.2 Å². The minimum absolute atomic E-state index is 0.0731. The molecule has 0 aliphatic heterocycles. The van der Waals surface area contributed by atoms with Crippen molar-refractivity contribution >= 4 is 28.3 Å². The molecule has 0 amide bonds. The molecular formula is C24H19N3O4. The lowest BCUT2D eigenvalue weighted by Crippen LogP contribution is -2.02. The molecule has 1 aromatic heterocycles. The Morgan fingerprint density at radius 1 is 1.13 bits per heavy atom. The van der Waals surface area contributed by atoms with Gasteiger partial charge in [0, 0.05) is 11.1 Å². The lowest BCUT2D eigenvalue weighted by molar-refractivity contribution is -0.385. The van der Waals surface area contributed by atoms with Crippen LogP contribution in [0.3, 0.4) is 0 Å². The van der Waals surface area contributed by atoms with Crippen LogP contribution in [-0.4, -0.2) is 27.6 Å². The van der Waals surface area contributed by atoms with Gasteiger partial charge in [-0.3, -0.25) is 19.6 Å². The zero-order valence-corrected chi connectivity index (χ0v) is 16.8. The first-order valence-electron chi connectivity index (χ1n) is 9.58. The molecule has 154 valence electrons. The Hall–Kier alpha value is -4.26. The van der Waals surface area contributed by atoms with Crippen LogP contribution in [0.1, 0.15) is 21.5 Å². The Labute approximate surface area is 178 Å². The highest BCUT2D eigenvalue weighted by molar-refractivity contribution is 6.08. The fourth-order valence-corrected chi connectivity index (χ4v) is 3.34. The molecule has 0 atom stereocenters. The quantitative estimate of drug-likeness (QED) is 0.186. The van der Waals surface area contributed by atoms with Crippen molar-refractivity contribution in [1.82, 2.24) is 9.78 Å². The van der Waals surface area contributed by atoms with E-state index in [0.717, 1.165) is 21.9 Å². The zero-order chi connectivity index (χ0) is 21.8. The molecule has 0 fully saturated rings. The van der Waals surface area contributed by atoms with Crippen LogP contribution in [0, 0.1) is 10.1 Å². The lowest BCUT2D eigenvalue weighted by atomic mass is 10.0. The van der Waals surface area contributed by atoms with E-state index in [1.54, 1.807) is 19.3 Å². The number of hydrogen-bond acceptors (Lipinski definition) is 5. The topological polar surface area (TPSA) is 87.3 Å². The molecule has 0 saturated carbocycles. The molecule has 3 aromatic carbocycles. The van der Waals surface area contributed by atoms with Gasteiger partial charge in [0.05, 0.1) is 18.6 Å². The monoisotopic (exact) mass is 413 g/mol. The maximum atomic E-state index is 12.6. The summed E-state index contributed by atoms with van der Waals surface area (Å²) in [4.78, 5) is 23.0. The molecule has 0 aliphatic carbocycles. The third-order valence-electron chi connectivity index (χ3n) is 4.93. The van der Waals surface area contributed by atoms with E-state index in [1.807, 2.05) is 54.6 Å². The van der Waals surface area contributed by atoms with Crippen LogP contribution in [0.5, 0.6) is 5.75 Å². The number of carbonyl (C=O) groups is 1. The molecule has 0 spiro atoms. The number of rotatable bonds is 7. The number of ketones is 1. The summed E-state index contributed by atoms with van der Waals surface area (Å²) >= 11 is 0. The summed E-state index contributed by atoms with van der Waals surface area (Å²) in [5.41, 5.74) is 2.15. The Morgan fingerprint density at radius 3 is 2.68 bits per heavy atom. The van der Waals surface area contributed by atoms with E-state index >= 15 is 0 Å². The summed E-state index contributed by atoms with van der Waals surface area (Å²) in [5.74, 6) is 0.544. The largest absolute Gasteiger partial charge is 0.496 e. The number of methoxy groups -OCH3 is 1. The Balaban J connectivity index is 1.55. The molecule has 0 N–H and O–H groups in total. The van der Waals surface area contributed by atoms with Gasteiger partial charge in [0.2, 0.25) is 0 Å². The van der Waals surface area contributed by atoms with Gasteiger partial charge in [-0.1, -0.05) is 48.5 Å². The Morgan fingerprint density at radius 2 is 1.94 bits per heavy atom. The number of benzene rings is 3. The van der Waals surface area contributed by atoms with Gasteiger partial charge in [0.25, 0.3) is 0 Å². The van der Waals surface area contributed by atoms with E-state index in [-0.39, 0.29) is 11.5 Å². The first-order valence-corrected chi connectivity index (χ1v) is 9.58. The molecule has 1 heterocycles. The van der Waals surface area contributed by atoms with Gasteiger partial charge in [0.15, 0.2) is 5.78 Å². The van der Waals surface area contributed by atoms with Crippen LogP contribution in [0.15, 0.2) is 79.1 Å². The Bertz CT molecular complexity index is 1310. The van der Waals surface area contributed by atoms with Crippen LogP contribution in [0.2, 0.25) is 0 Å². The second-order valence-corrected chi connectivity index (χ2v) is 6.98. The van der Waals surface area contributed by atoms with E-state index in [9.17, 15) is 14.9 Å². The number of carbonyl (C=O) groups excluding carboxylic acids is 1. The van der Waals surface area contributed by atoms with Gasteiger partial charge < -0.3 is 4.74 Å². The van der Waals surface area contributed by atoms with E-state index < -0.39 is 4.92 Å². The summed E-state index contributed by atoms with van der Waals surface area (Å²) in [6, 6.07) is 19.0. The van der Waals surface area contributed by atoms with Gasteiger partial charge in [0.1, 0.15) is 18.1 Å². The van der Waals surface area contributed by atoms with E-state index in [2.05, 4.69) is 5.10 Å². The molecule has 7 heteroatoms. The second kappa shape index (κ2) is 8.62. The first kappa shape index (κ1) is 20.0. The number of aromatic nitrogens is 2. The summed E-state index contributed by atoms with van der Waals surface area (Å²) in [6.45, 7) is 0.303. The second-order valence-electron chi connectivity index (χ2n) is 6.98. The number of ether oxygens (including phenoxy) is 1. The van der Waals surface area contributed by atoms with Gasteiger partial charge in [-0.2, -0.15) is 5.10 Å². The summed E-state index contributed by atoms with van der Waals surface area (Å²) < 4.78 is 6.87. The predicted molar refractivity (Wildman–Crippen MR) is 118 cm³/mol. The fraction of sp³-hybridized carbons (Fsp3) is 0.0833. The van der Waals surface area contributed by atoms with Gasteiger partial charge in [-0.25, -0.2) is 0 Å². The maximum absolute atomic E-state index is 12.6. The fourth-order valence-electron chi connectivity index (χ4n) is 3.34. The van der Waals surface area contributed by atoms with Crippen LogP contribution in [0.25, 0.3) is 16.8 Å². The lowest BCUT2D eigenvalue weighted by Gasteiger charge is -2.09. The molecule has 31 heavy (non-hydrogen) atoms. The molecule has 4 aromatic rings. The Kier molecular flexibility index (Phi) is 5.57. The summed E-state index contributed by atoms with van der Waals surface area (Å²) in [6.07, 6.45) is 5.85. The van der Waals surface area contributed by atoms with Crippen LogP contribution >= 0.6 is 0 Å². The number of nitrogens with zero attached hydrogens (tertiary/aromatic N) is 3. The van der Waals surface area contributed by atoms with Gasteiger partial charge >= 0.3 is 5.69 Å². The van der Waals surface area contributed by atoms with Crippen LogP contribution in [0.4, 0.5) is 5.69 Å². The van der Waals surface area contributed by atoms with Crippen molar-refractivity contribution in [2.24, 2.45) is 0 Å². The standard InChI is InChI=1S/C24H19N3O4/c1-31-24-11-7-17(12-21(24)15-26-16-22(14-25-26)27(29)30)6-10-23(28)20-9-8-18-4-2-3-5-19(18)13-20/h2-14,16H,15H2,1H3/b10-6+. The number of fused-ring (bicyclic) bond motifs is 1. The van der Waals surface area contributed by atoms with Crippen LogP contribution in [-0.2, 0) is 6.54 Å². The number of hydrogen-bond donors (Lipinski definition) is 0. The highest BCUT2D eigenvalue weighted by Crippen LogP contribution is 2.23. The number of nitro groups is 1. The third kappa shape index (κ3) is 4.51. The predicted octanol–water partition coefficient (Wildman–Crippen LogP) is 4.90. The summed E-state index contributed by atoms with van der Waals surface area (Å²) in [7, 11) is 1.56. The van der Waals surface area contributed by atoms with E-state index in [4.69, 9.17) is 4.74 Å². The average Bonchev–Trinajstić information content (AvgIpc) is 3.26. The van der Waals surface area contributed by atoms with E-state index in [0.29, 0.717) is 17.9 Å². The van der Waals surface area contributed by atoms with Crippen molar-refractivity contribution in [2.75, 3.05) is 7.11 Å². The van der Waals surface area contributed by atoms with Crippen molar-refractivity contribution in [3.8, 4) is 5.75 Å². The summed E-state index contributed by atoms with van der Waals surface area (Å²) in [5, 5.41) is 17.0. The molecular weight excluding hydrogens is 394 g/mol. The van der Waals surface area contributed by atoms with Crippen molar-refractivity contribution in [3.05, 3.63) is 106 Å². The zero-order valence-electron chi connectivity index (χ0n) is 16.8. The minimum Gasteiger partial charge on any atom is -0.496 e. The van der Waals surface area contributed by atoms with Gasteiger partial charge in [-0.05, 0) is 40.6 Å². The molecule has 4 rings (SSSR count). The molecule has 0 bridgehead atoms. The highest BCUT2D eigenvalue weighted by Gasteiger charge is 2.11. The van der Waals surface area contributed by atoms with Crippen molar-refractivity contribution in [1.29, 1.82) is 0 Å². The molecule has 0 aliphatic rings. The SMILES string of the molecule is COc1ccc(/C=C/C(=O)c2ccc3ccccc3c2)cc1Cn1cc([N+](=O)[O-])cn1. The average molecular weight is 413 g/mol. The normalized spacial score (nSPS) is 11.1. The number of allylic oxidation sites excluding steroid dienone is 1. The van der Waals surface area contributed by atoms with Gasteiger partial charge in [-0.15, -0.1) is 0 Å². The smallest absolute Gasteiger partial charge is 0.307 e. The molecule has 7 nitrogen and oxygen atoms in total. The highest BCUT2D eigenvalue weighted by atomic mass is 16.6. The maximum Gasteiger partial charge on any atom is 0.307 e. The minimum atomic E-state index is -0.488.